The first-order valence-corrected chi connectivity index (χ1v) is 9.75. The SMILES string of the molecule is COC(=O)CSC1=C(C#N)[C@H](c2ccco2)C(C(=O)Nc2ccccc2)=C(C)N1. The molecule has 0 saturated carbocycles. The third-order valence-corrected chi connectivity index (χ3v) is 5.30. The number of carbonyl (C=O) groups is 2. The molecule has 29 heavy (non-hydrogen) atoms. The predicted octanol–water partition coefficient (Wildman–Crippen LogP) is 3.52. The van der Waals surface area contributed by atoms with E-state index in [4.69, 9.17) is 4.42 Å². The fourth-order valence-corrected chi connectivity index (χ4v) is 3.90. The van der Waals surface area contributed by atoms with Crippen LogP contribution < -0.4 is 10.6 Å². The van der Waals surface area contributed by atoms with Gasteiger partial charge < -0.3 is 19.8 Å². The van der Waals surface area contributed by atoms with E-state index in [0.29, 0.717) is 33.3 Å². The number of hydrogen-bond acceptors (Lipinski definition) is 7. The number of carbonyl (C=O) groups excluding carboxylic acids is 2. The molecule has 1 amide bonds. The molecule has 1 atom stereocenters. The van der Waals surface area contributed by atoms with Gasteiger partial charge in [0, 0.05) is 11.4 Å². The summed E-state index contributed by atoms with van der Waals surface area (Å²) >= 11 is 1.15. The Bertz CT molecular complexity index is 1000. The van der Waals surface area contributed by atoms with Gasteiger partial charge in [-0.1, -0.05) is 30.0 Å². The summed E-state index contributed by atoms with van der Waals surface area (Å²) in [5.74, 6) is -0.942. The lowest BCUT2D eigenvalue weighted by molar-refractivity contribution is -0.137. The second-order valence-electron chi connectivity index (χ2n) is 6.15. The minimum Gasteiger partial charge on any atom is -0.468 e. The standard InChI is InChI=1S/C21H19N3O4S/c1-13-18(20(26)24-14-7-4-3-5-8-14)19(16-9-6-10-28-16)15(11-22)21(23-13)29-12-17(25)27-2/h3-10,19,23H,12H2,1-2H3,(H,24,26)/t19-/m1/s1. The zero-order valence-corrected chi connectivity index (χ0v) is 16.7. The number of nitriles is 1. The number of amides is 1. The Morgan fingerprint density at radius 2 is 2.03 bits per heavy atom. The van der Waals surface area contributed by atoms with Gasteiger partial charge in [0.25, 0.3) is 5.91 Å². The Balaban J connectivity index is 1.98. The molecule has 0 bridgehead atoms. The number of esters is 1. The van der Waals surface area contributed by atoms with Crippen LogP contribution >= 0.6 is 11.8 Å². The first-order valence-electron chi connectivity index (χ1n) is 8.76. The average molecular weight is 409 g/mol. The predicted molar refractivity (Wildman–Crippen MR) is 109 cm³/mol. The molecule has 7 nitrogen and oxygen atoms in total. The Labute approximate surface area is 172 Å². The number of para-hydroxylation sites is 1. The van der Waals surface area contributed by atoms with Crippen LogP contribution in [0.4, 0.5) is 5.69 Å². The van der Waals surface area contributed by atoms with Crippen LogP contribution in [0.25, 0.3) is 0 Å². The molecule has 148 valence electrons. The second-order valence-corrected chi connectivity index (χ2v) is 7.14. The van der Waals surface area contributed by atoms with Crippen LogP contribution in [-0.2, 0) is 14.3 Å². The van der Waals surface area contributed by atoms with Crippen LogP contribution in [-0.4, -0.2) is 24.7 Å². The maximum atomic E-state index is 13.1. The number of hydrogen-bond donors (Lipinski definition) is 2. The van der Waals surface area contributed by atoms with Gasteiger partial charge in [-0.15, -0.1) is 0 Å². The second kappa shape index (κ2) is 9.17. The van der Waals surface area contributed by atoms with Crippen molar-refractivity contribution in [3.05, 3.63) is 76.4 Å². The van der Waals surface area contributed by atoms with Crippen molar-refractivity contribution in [1.29, 1.82) is 5.26 Å². The quantitative estimate of drug-likeness (QED) is 0.704. The number of ether oxygens (including phenoxy) is 1. The molecule has 0 fully saturated rings. The lowest BCUT2D eigenvalue weighted by Crippen LogP contribution is -2.30. The van der Waals surface area contributed by atoms with Crippen molar-refractivity contribution in [3.63, 3.8) is 0 Å². The molecule has 2 heterocycles. The van der Waals surface area contributed by atoms with Crippen LogP contribution in [0.5, 0.6) is 0 Å². The van der Waals surface area contributed by atoms with Crippen LogP contribution in [0.3, 0.4) is 0 Å². The van der Waals surface area contributed by atoms with E-state index in [-0.39, 0.29) is 11.7 Å². The van der Waals surface area contributed by atoms with E-state index in [9.17, 15) is 14.9 Å². The van der Waals surface area contributed by atoms with Gasteiger partial charge in [-0.05, 0) is 31.2 Å². The van der Waals surface area contributed by atoms with Crippen molar-refractivity contribution < 1.29 is 18.7 Å². The van der Waals surface area contributed by atoms with E-state index in [2.05, 4.69) is 21.4 Å². The molecule has 2 aromatic rings. The molecular weight excluding hydrogens is 390 g/mol. The van der Waals surface area contributed by atoms with Gasteiger partial charge in [-0.25, -0.2) is 0 Å². The first-order chi connectivity index (χ1) is 14.0. The van der Waals surface area contributed by atoms with Gasteiger partial charge in [0.15, 0.2) is 0 Å². The maximum absolute atomic E-state index is 13.1. The van der Waals surface area contributed by atoms with Crippen LogP contribution in [0.2, 0.25) is 0 Å². The highest BCUT2D eigenvalue weighted by molar-refractivity contribution is 8.03. The van der Waals surface area contributed by atoms with Crippen molar-refractivity contribution in [3.8, 4) is 6.07 Å². The molecule has 0 spiro atoms. The monoisotopic (exact) mass is 409 g/mol. The topological polar surface area (TPSA) is 104 Å². The molecule has 1 aromatic heterocycles. The van der Waals surface area contributed by atoms with Crippen LogP contribution in [0.15, 0.2) is 75.0 Å². The highest BCUT2D eigenvalue weighted by Gasteiger charge is 2.36. The van der Waals surface area contributed by atoms with E-state index >= 15 is 0 Å². The number of methoxy groups -OCH3 is 1. The van der Waals surface area contributed by atoms with Gasteiger partial charge in [-0.3, -0.25) is 9.59 Å². The Morgan fingerprint density at radius 3 is 2.66 bits per heavy atom. The maximum Gasteiger partial charge on any atom is 0.316 e. The summed E-state index contributed by atoms with van der Waals surface area (Å²) in [6.45, 7) is 1.75. The number of rotatable bonds is 6. The number of allylic oxidation sites excluding steroid dienone is 2. The molecule has 0 saturated heterocycles. The van der Waals surface area contributed by atoms with Crippen molar-refractivity contribution in [2.45, 2.75) is 12.8 Å². The van der Waals surface area contributed by atoms with Gasteiger partial charge in [0.2, 0.25) is 0 Å². The Morgan fingerprint density at radius 1 is 1.28 bits per heavy atom. The summed E-state index contributed by atoms with van der Waals surface area (Å²) in [5.41, 5.74) is 1.90. The zero-order chi connectivity index (χ0) is 20.8. The normalized spacial score (nSPS) is 16.1. The summed E-state index contributed by atoms with van der Waals surface area (Å²) in [7, 11) is 1.31. The van der Waals surface area contributed by atoms with Crippen molar-refractivity contribution >= 4 is 29.3 Å². The van der Waals surface area contributed by atoms with Crippen molar-refractivity contribution in [2.75, 3.05) is 18.2 Å². The van der Waals surface area contributed by atoms with Gasteiger partial charge >= 0.3 is 5.97 Å². The molecule has 1 aromatic carbocycles. The number of anilines is 1. The number of benzene rings is 1. The number of furan rings is 1. The lowest BCUT2D eigenvalue weighted by Gasteiger charge is -2.28. The highest BCUT2D eigenvalue weighted by Crippen LogP contribution is 2.41. The van der Waals surface area contributed by atoms with Gasteiger partial charge in [0.1, 0.15) is 5.76 Å². The number of nitrogens with one attached hydrogen (secondary N) is 2. The smallest absolute Gasteiger partial charge is 0.316 e. The van der Waals surface area contributed by atoms with Crippen molar-refractivity contribution in [1.82, 2.24) is 5.32 Å². The molecule has 0 unspecified atom stereocenters. The Kier molecular flexibility index (Phi) is 6.42. The summed E-state index contributed by atoms with van der Waals surface area (Å²) in [6.07, 6.45) is 1.50. The van der Waals surface area contributed by atoms with E-state index in [1.54, 1.807) is 31.2 Å². The molecule has 1 aliphatic rings. The molecule has 0 aliphatic carbocycles. The van der Waals surface area contributed by atoms with E-state index < -0.39 is 11.9 Å². The third-order valence-electron chi connectivity index (χ3n) is 4.31. The van der Waals surface area contributed by atoms with Gasteiger partial charge in [-0.2, -0.15) is 5.26 Å². The van der Waals surface area contributed by atoms with Crippen molar-refractivity contribution in [2.24, 2.45) is 0 Å². The molecule has 1 aliphatic heterocycles. The summed E-state index contributed by atoms with van der Waals surface area (Å²) in [5, 5.41) is 16.3. The lowest BCUT2D eigenvalue weighted by atomic mass is 9.85. The summed E-state index contributed by atoms with van der Waals surface area (Å²) in [4.78, 5) is 24.6. The molecule has 3 rings (SSSR count). The van der Waals surface area contributed by atoms with E-state index in [1.807, 2.05) is 18.2 Å². The zero-order valence-electron chi connectivity index (χ0n) is 15.9. The molecule has 8 heteroatoms. The number of dihydropyridines is 1. The number of thioether (sulfide) groups is 1. The molecular formula is C21H19N3O4S. The van der Waals surface area contributed by atoms with E-state index in [1.165, 1.54) is 13.4 Å². The molecule has 2 N–H and O–H groups in total. The average Bonchev–Trinajstić information content (AvgIpc) is 3.26. The fourth-order valence-electron chi connectivity index (χ4n) is 2.98. The minimum atomic E-state index is -0.694. The van der Waals surface area contributed by atoms with E-state index in [0.717, 1.165) is 11.8 Å². The first kappa shape index (κ1) is 20.3. The van der Waals surface area contributed by atoms with Gasteiger partial charge in [0.05, 0.1) is 47.3 Å². The molecule has 0 radical (unpaired) electrons. The summed E-state index contributed by atoms with van der Waals surface area (Å²) < 4.78 is 10.2. The van der Waals surface area contributed by atoms with Crippen LogP contribution in [0, 0.1) is 11.3 Å². The third kappa shape index (κ3) is 4.52. The minimum absolute atomic E-state index is 0.0354. The van der Waals surface area contributed by atoms with Crippen LogP contribution in [0.1, 0.15) is 18.6 Å². The fraction of sp³-hybridized carbons (Fsp3) is 0.190. The largest absolute Gasteiger partial charge is 0.468 e. The number of nitrogens with zero attached hydrogens (tertiary/aromatic N) is 1. The Hall–Kier alpha value is -3.44. The highest BCUT2D eigenvalue weighted by atomic mass is 32.2. The summed E-state index contributed by atoms with van der Waals surface area (Å²) in [6, 6.07) is 14.7.